The molecule has 0 heterocycles. The number of benzene rings is 1. The Morgan fingerprint density at radius 3 is 2.75 bits per heavy atom. The van der Waals surface area contributed by atoms with Crippen LogP contribution in [0, 0.1) is 5.92 Å². The van der Waals surface area contributed by atoms with Crippen LogP contribution in [-0.4, -0.2) is 20.0 Å². The molecule has 1 aliphatic rings. The van der Waals surface area contributed by atoms with E-state index in [4.69, 9.17) is 15.2 Å². The van der Waals surface area contributed by atoms with Crippen LogP contribution in [0.5, 0.6) is 0 Å². The quantitative estimate of drug-likeness (QED) is 0.436. The van der Waals surface area contributed by atoms with Crippen molar-refractivity contribution in [3.8, 4) is 0 Å². The van der Waals surface area contributed by atoms with Crippen LogP contribution in [0.15, 0.2) is 24.3 Å². The SMILES string of the molecule is Nc1ccccc1CCOCOCC1CC1. The molecule has 1 aromatic carbocycles. The van der Waals surface area contributed by atoms with Crippen LogP contribution < -0.4 is 5.73 Å². The summed E-state index contributed by atoms with van der Waals surface area (Å²) in [6, 6.07) is 7.89. The molecule has 1 saturated carbocycles. The second-order valence-electron chi connectivity index (χ2n) is 4.29. The number of anilines is 1. The molecule has 0 radical (unpaired) electrons. The summed E-state index contributed by atoms with van der Waals surface area (Å²) in [6.07, 6.45) is 3.49. The second kappa shape index (κ2) is 5.87. The summed E-state index contributed by atoms with van der Waals surface area (Å²) in [5.41, 5.74) is 7.80. The molecule has 3 nitrogen and oxygen atoms in total. The number of para-hydroxylation sites is 1. The number of rotatable bonds is 7. The monoisotopic (exact) mass is 221 g/mol. The van der Waals surface area contributed by atoms with E-state index < -0.39 is 0 Å². The average molecular weight is 221 g/mol. The lowest BCUT2D eigenvalue weighted by molar-refractivity contribution is -0.0560. The molecule has 1 fully saturated rings. The summed E-state index contributed by atoms with van der Waals surface area (Å²) in [4.78, 5) is 0. The topological polar surface area (TPSA) is 44.5 Å². The van der Waals surface area contributed by atoms with Gasteiger partial charge in [-0.05, 0) is 36.8 Å². The molecule has 0 saturated heterocycles. The molecule has 0 amide bonds. The predicted molar refractivity (Wildman–Crippen MR) is 64.1 cm³/mol. The van der Waals surface area contributed by atoms with E-state index in [9.17, 15) is 0 Å². The Bertz CT molecular complexity index is 323. The second-order valence-corrected chi connectivity index (χ2v) is 4.29. The minimum Gasteiger partial charge on any atom is -0.399 e. The lowest BCUT2D eigenvalue weighted by atomic mass is 10.1. The van der Waals surface area contributed by atoms with Crippen LogP contribution in [-0.2, 0) is 15.9 Å². The minimum absolute atomic E-state index is 0.406. The number of hydrogen-bond acceptors (Lipinski definition) is 3. The van der Waals surface area contributed by atoms with Gasteiger partial charge in [-0.25, -0.2) is 0 Å². The van der Waals surface area contributed by atoms with Crippen molar-refractivity contribution in [1.29, 1.82) is 0 Å². The summed E-state index contributed by atoms with van der Waals surface area (Å²) >= 11 is 0. The normalized spacial score (nSPS) is 15.2. The molecule has 0 unspecified atom stereocenters. The van der Waals surface area contributed by atoms with Crippen LogP contribution in [0.1, 0.15) is 18.4 Å². The van der Waals surface area contributed by atoms with E-state index in [1.54, 1.807) is 0 Å². The Morgan fingerprint density at radius 2 is 2.00 bits per heavy atom. The summed E-state index contributed by atoms with van der Waals surface area (Å²) in [5, 5.41) is 0. The molecule has 1 aliphatic carbocycles. The van der Waals surface area contributed by atoms with E-state index in [-0.39, 0.29) is 0 Å². The summed E-state index contributed by atoms with van der Waals surface area (Å²) < 4.78 is 10.8. The van der Waals surface area contributed by atoms with Crippen LogP contribution in [0.2, 0.25) is 0 Å². The third-order valence-corrected chi connectivity index (χ3v) is 2.79. The molecule has 88 valence electrons. The average Bonchev–Trinajstić information content (AvgIpc) is 3.09. The van der Waals surface area contributed by atoms with Crippen LogP contribution in [0.25, 0.3) is 0 Å². The van der Waals surface area contributed by atoms with Crippen LogP contribution >= 0.6 is 0 Å². The van der Waals surface area contributed by atoms with Gasteiger partial charge in [-0.15, -0.1) is 0 Å². The lowest BCUT2D eigenvalue weighted by Gasteiger charge is -2.07. The molecular weight excluding hydrogens is 202 g/mol. The zero-order valence-corrected chi connectivity index (χ0v) is 9.52. The van der Waals surface area contributed by atoms with E-state index in [0.29, 0.717) is 13.4 Å². The van der Waals surface area contributed by atoms with Gasteiger partial charge < -0.3 is 15.2 Å². The minimum atomic E-state index is 0.406. The largest absolute Gasteiger partial charge is 0.399 e. The highest BCUT2D eigenvalue weighted by Crippen LogP contribution is 2.28. The van der Waals surface area contributed by atoms with Crippen molar-refractivity contribution in [3.05, 3.63) is 29.8 Å². The molecule has 2 N–H and O–H groups in total. The first kappa shape index (κ1) is 11.4. The van der Waals surface area contributed by atoms with Crippen LogP contribution in [0.4, 0.5) is 5.69 Å². The van der Waals surface area contributed by atoms with Crippen LogP contribution in [0.3, 0.4) is 0 Å². The van der Waals surface area contributed by atoms with E-state index >= 15 is 0 Å². The smallest absolute Gasteiger partial charge is 0.146 e. The number of nitrogens with two attached hydrogens (primary N) is 1. The van der Waals surface area contributed by atoms with Gasteiger partial charge in [0.25, 0.3) is 0 Å². The van der Waals surface area contributed by atoms with E-state index in [1.807, 2.05) is 24.3 Å². The molecule has 2 rings (SSSR count). The Hall–Kier alpha value is -1.06. The molecule has 0 spiro atoms. The number of ether oxygens (including phenoxy) is 2. The maximum atomic E-state index is 5.82. The first-order valence-corrected chi connectivity index (χ1v) is 5.85. The van der Waals surface area contributed by atoms with Gasteiger partial charge >= 0.3 is 0 Å². The molecule has 0 aromatic heterocycles. The summed E-state index contributed by atoms with van der Waals surface area (Å²) in [6.45, 7) is 1.93. The highest BCUT2D eigenvalue weighted by molar-refractivity contribution is 5.46. The fraction of sp³-hybridized carbons (Fsp3) is 0.538. The zero-order chi connectivity index (χ0) is 11.2. The first-order valence-electron chi connectivity index (χ1n) is 5.85. The van der Waals surface area contributed by atoms with E-state index in [2.05, 4.69) is 0 Å². The van der Waals surface area contributed by atoms with Crippen molar-refractivity contribution in [2.45, 2.75) is 19.3 Å². The van der Waals surface area contributed by atoms with E-state index in [0.717, 1.165) is 30.2 Å². The number of nitrogen functional groups attached to an aromatic ring is 1. The summed E-state index contributed by atoms with van der Waals surface area (Å²) in [5.74, 6) is 0.799. The fourth-order valence-corrected chi connectivity index (χ4v) is 1.56. The van der Waals surface area contributed by atoms with Gasteiger partial charge in [-0.1, -0.05) is 18.2 Å². The van der Waals surface area contributed by atoms with Crippen molar-refractivity contribution in [3.63, 3.8) is 0 Å². The van der Waals surface area contributed by atoms with Gasteiger partial charge in [0, 0.05) is 5.69 Å². The molecule has 16 heavy (non-hydrogen) atoms. The van der Waals surface area contributed by atoms with Gasteiger partial charge in [0.2, 0.25) is 0 Å². The molecular formula is C13H19NO2. The lowest BCUT2D eigenvalue weighted by Crippen LogP contribution is -2.06. The van der Waals surface area contributed by atoms with Gasteiger partial charge in [0.15, 0.2) is 0 Å². The van der Waals surface area contributed by atoms with Gasteiger partial charge in [0.05, 0.1) is 13.2 Å². The van der Waals surface area contributed by atoms with Gasteiger partial charge in [-0.3, -0.25) is 0 Å². The maximum absolute atomic E-state index is 5.82. The Morgan fingerprint density at radius 1 is 1.19 bits per heavy atom. The third-order valence-electron chi connectivity index (χ3n) is 2.79. The third kappa shape index (κ3) is 3.83. The highest BCUT2D eigenvalue weighted by atomic mass is 16.7. The molecule has 0 atom stereocenters. The first-order chi connectivity index (χ1) is 7.86. The number of hydrogen-bond donors (Lipinski definition) is 1. The standard InChI is InChI=1S/C13H19NO2/c14-13-4-2-1-3-12(13)7-8-15-10-16-9-11-5-6-11/h1-4,11H,5-10,14H2. The van der Waals surface area contributed by atoms with Gasteiger partial charge in [-0.2, -0.15) is 0 Å². The van der Waals surface area contributed by atoms with E-state index in [1.165, 1.54) is 12.8 Å². The van der Waals surface area contributed by atoms with Crippen molar-refractivity contribution in [2.24, 2.45) is 5.92 Å². The Labute approximate surface area is 96.5 Å². The highest BCUT2D eigenvalue weighted by Gasteiger charge is 2.20. The molecule has 0 bridgehead atoms. The maximum Gasteiger partial charge on any atom is 0.146 e. The van der Waals surface area contributed by atoms with Crippen molar-refractivity contribution < 1.29 is 9.47 Å². The molecule has 3 heteroatoms. The fourth-order valence-electron chi connectivity index (χ4n) is 1.56. The summed E-state index contributed by atoms with van der Waals surface area (Å²) in [7, 11) is 0. The predicted octanol–water partition coefficient (Wildman–Crippen LogP) is 2.21. The zero-order valence-electron chi connectivity index (χ0n) is 9.52. The Kier molecular flexibility index (Phi) is 4.19. The van der Waals surface area contributed by atoms with Crippen molar-refractivity contribution >= 4 is 5.69 Å². The van der Waals surface area contributed by atoms with Crippen molar-refractivity contribution in [1.82, 2.24) is 0 Å². The Balaban J connectivity index is 1.55. The van der Waals surface area contributed by atoms with Gasteiger partial charge in [0.1, 0.15) is 6.79 Å². The van der Waals surface area contributed by atoms with Crippen molar-refractivity contribution in [2.75, 3.05) is 25.7 Å². The molecule has 1 aromatic rings. The molecule has 0 aliphatic heterocycles.